The highest BCUT2D eigenvalue weighted by molar-refractivity contribution is 7.79. The molecule has 5 heteroatoms. The molecule has 0 spiro atoms. The molecule has 1 N–H and O–H groups in total. The van der Waals surface area contributed by atoms with Gasteiger partial charge in [-0.2, -0.15) is 0 Å². The number of hydrogen-bond donors (Lipinski definition) is 1. The smallest absolute Gasteiger partial charge is 0.323 e. The monoisotopic (exact) mass is 469 g/mol. The Bertz CT molecular complexity index is 1190. The molecule has 1 unspecified atom stereocenters. The fourth-order valence-corrected chi connectivity index (χ4v) is 7.10. The normalized spacial score (nSPS) is 13.1. The molecule has 34 heavy (non-hydrogen) atoms. The van der Waals surface area contributed by atoms with Crippen LogP contribution in [-0.2, 0) is 20.7 Å². The summed E-state index contributed by atoms with van der Waals surface area (Å²) < 4.78 is 20.6. The van der Waals surface area contributed by atoms with E-state index in [1.807, 2.05) is 121 Å². The van der Waals surface area contributed by atoms with Gasteiger partial charge >= 0.3 is 5.97 Å². The van der Waals surface area contributed by atoms with Gasteiger partial charge in [-0.1, -0.05) is 121 Å². The minimum absolute atomic E-state index is 0.191. The lowest BCUT2D eigenvalue weighted by atomic mass is 10.2. The molecule has 0 aliphatic rings. The van der Waals surface area contributed by atoms with Crippen LogP contribution in [0.25, 0.3) is 0 Å². The molecule has 0 heterocycles. The lowest BCUT2D eigenvalue weighted by Crippen LogP contribution is -2.40. The second-order valence-electron chi connectivity index (χ2n) is 8.12. The van der Waals surface area contributed by atoms with Crippen LogP contribution in [-0.4, -0.2) is 12.0 Å². The van der Waals surface area contributed by atoms with E-state index in [2.05, 4.69) is 5.32 Å². The van der Waals surface area contributed by atoms with Gasteiger partial charge in [0.05, 0.1) is 5.78 Å². The molecule has 0 amide bonds. The number of nitrogens with one attached hydrogen (secondary N) is 1. The fourth-order valence-electron chi connectivity index (χ4n) is 3.95. The minimum atomic E-state index is -3.25. The Labute approximate surface area is 201 Å². The van der Waals surface area contributed by atoms with Crippen LogP contribution in [0.4, 0.5) is 0 Å². The Hall–Kier alpha value is -3.46. The van der Waals surface area contributed by atoms with E-state index in [1.54, 1.807) is 6.92 Å². The Balaban J connectivity index is 1.69. The van der Waals surface area contributed by atoms with Crippen molar-refractivity contribution >= 4 is 23.7 Å². The van der Waals surface area contributed by atoms with Crippen LogP contribution in [0.1, 0.15) is 23.8 Å². The Morgan fingerprint density at radius 2 is 1.18 bits per heavy atom. The third kappa shape index (κ3) is 5.36. The lowest BCUT2D eigenvalue weighted by Gasteiger charge is -2.32. The molecule has 4 nitrogen and oxygen atoms in total. The molecule has 0 saturated carbocycles. The van der Waals surface area contributed by atoms with Gasteiger partial charge in [-0.25, -0.2) is 0 Å². The Kier molecular flexibility index (Phi) is 7.74. The molecule has 172 valence electrons. The maximum Gasteiger partial charge on any atom is 0.323 e. The maximum atomic E-state index is 15.0. The zero-order valence-corrected chi connectivity index (χ0v) is 20.0. The zero-order valence-electron chi connectivity index (χ0n) is 19.1. The van der Waals surface area contributed by atoms with Crippen LogP contribution in [0, 0.1) is 0 Å². The van der Waals surface area contributed by atoms with Crippen LogP contribution < -0.4 is 15.9 Å². The van der Waals surface area contributed by atoms with Crippen molar-refractivity contribution in [2.45, 2.75) is 25.4 Å². The maximum absolute atomic E-state index is 15.0. The van der Waals surface area contributed by atoms with E-state index in [-0.39, 0.29) is 6.61 Å². The summed E-state index contributed by atoms with van der Waals surface area (Å²) in [6, 6.07) is 37.5. The predicted molar refractivity (Wildman–Crippen MR) is 138 cm³/mol. The molecule has 0 aliphatic carbocycles. The van der Waals surface area contributed by atoms with Crippen molar-refractivity contribution < 1.29 is 14.1 Å². The molecule has 0 aromatic heterocycles. The first-order valence-corrected chi connectivity index (χ1v) is 13.1. The van der Waals surface area contributed by atoms with Crippen molar-refractivity contribution in [3.05, 3.63) is 132 Å². The molecular formula is C29H28NO3P. The summed E-state index contributed by atoms with van der Waals surface area (Å²) >= 11 is 0. The highest BCUT2D eigenvalue weighted by atomic mass is 31.2. The van der Waals surface area contributed by atoms with E-state index >= 15 is 4.57 Å². The van der Waals surface area contributed by atoms with Gasteiger partial charge < -0.3 is 9.30 Å². The lowest BCUT2D eigenvalue weighted by molar-refractivity contribution is -0.147. The van der Waals surface area contributed by atoms with Crippen molar-refractivity contribution in [2.24, 2.45) is 0 Å². The third-order valence-electron chi connectivity index (χ3n) is 5.74. The van der Waals surface area contributed by atoms with Gasteiger partial charge in [-0.3, -0.25) is 10.1 Å². The summed E-state index contributed by atoms with van der Waals surface area (Å²) in [5.41, 5.74) is 1.77. The topological polar surface area (TPSA) is 55.4 Å². The summed E-state index contributed by atoms with van der Waals surface area (Å²) in [4.78, 5) is 12.9. The highest BCUT2D eigenvalue weighted by Crippen LogP contribution is 2.55. The van der Waals surface area contributed by atoms with E-state index in [0.29, 0.717) is 0 Å². The van der Waals surface area contributed by atoms with Crippen LogP contribution in [0.2, 0.25) is 0 Å². The fraction of sp³-hybridized carbons (Fsp3) is 0.138. The predicted octanol–water partition coefficient (Wildman–Crippen LogP) is 5.42. The molecular weight excluding hydrogens is 441 g/mol. The first kappa shape index (κ1) is 23.7. The van der Waals surface area contributed by atoms with Crippen LogP contribution in [0.3, 0.4) is 0 Å². The van der Waals surface area contributed by atoms with Crippen molar-refractivity contribution in [2.75, 3.05) is 0 Å². The van der Waals surface area contributed by atoms with E-state index in [4.69, 9.17) is 4.74 Å². The zero-order chi connectivity index (χ0) is 23.8. The SMILES string of the molecule is C[C@H](NC(c1ccccc1)P(=O)(c1ccccc1)c1ccccc1)C(=O)OCc1ccccc1. The molecule has 0 bridgehead atoms. The molecule has 2 atom stereocenters. The molecule has 0 radical (unpaired) electrons. The van der Waals surface area contributed by atoms with Gasteiger partial charge in [0.2, 0.25) is 0 Å². The molecule has 0 saturated heterocycles. The van der Waals surface area contributed by atoms with Crippen LogP contribution >= 0.6 is 7.14 Å². The van der Waals surface area contributed by atoms with Gasteiger partial charge in [0.1, 0.15) is 12.6 Å². The average molecular weight is 470 g/mol. The summed E-state index contributed by atoms with van der Waals surface area (Å²) in [7, 11) is -3.25. The molecule has 4 aromatic rings. The number of esters is 1. The van der Waals surface area contributed by atoms with E-state index < -0.39 is 24.9 Å². The Morgan fingerprint density at radius 1 is 0.735 bits per heavy atom. The standard InChI is InChI=1S/C29H28NO3P/c1-23(29(31)33-22-24-14-6-2-7-15-24)30-28(25-16-8-3-9-17-25)34(32,26-18-10-4-11-19-26)27-20-12-5-13-21-27/h2-21,23,28,30H,22H2,1H3/t23-,28?/m0/s1. The van der Waals surface area contributed by atoms with E-state index in [0.717, 1.165) is 21.7 Å². The van der Waals surface area contributed by atoms with Gasteiger partial charge in [-0.05, 0) is 18.1 Å². The number of carbonyl (C=O) groups excluding carboxylic acids is 1. The number of ether oxygens (including phenoxy) is 1. The first-order valence-electron chi connectivity index (χ1n) is 11.3. The van der Waals surface area contributed by atoms with E-state index in [1.165, 1.54) is 0 Å². The quantitative estimate of drug-likeness (QED) is 0.263. The van der Waals surface area contributed by atoms with Crippen LogP contribution in [0.15, 0.2) is 121 Å². The van der Waals surface area contributed by atoms with E-state index in [9.17, 15) is 4.79 Å². The number of benzene rings is 4. The summed E-state index contributed by atoms with van der Waals surface area (Å²) in [6.45, 7) is 1.94. The van der Waals surface area contributed by atoms with Gasteiger partial charge in [-0.15, -0.1) is 0 Å². The second kappa shape index (κ2) is 11.1. The second-order valence-corrected chi connectivity index (χ2v) is 11.0. The first-order chi connectivity index (χ1) is 16.6. The molecule has 0 fully saturated rings. The Morgan fingerprint density at radius 3 is 1.68 bits per heavy atom. The largest absolute Gasteiger partial charge is 0.460 e. The van der Waals surface area contributed by atoms with Gasteiger partial charge in [0.25, 0.3) is 0 Å². The van der Waals surface area contributed by atoms with Crippen molar-refractivity contribution in [3.63, 3.8) is 0 Å². The molecule has 0 aliphatic heterocycles. The number of carbonyl (C=O) groups is 1. The number of rotatable bonds is 9. The summed E-state index contributed by atoms with van der Waals surface area (Å²) in [5, 5.41) is 4.83. The van der Waals surface area contributed by atoms with Gasteiger partial charge in [0, 0.05) is 10.6 Å². The highest BCUT2D eigenvalue weighted by Gasteiger charge is 2.39. The number of hydrogen-bond acceptors (Lipinski definition) is 4. The average Bonchev–Trinajstić information content (AvgIpc) is 2.92. The van der Waals surface area contributed by atoms with Crippen molar-refractivity contribution in [3.8, 4) is 0 Å². The molecule has 4 rings (SSSR count). The third-order valence-corrected chi connectivity index (χ3v) is 9.05. The van der Waals surface area contributed by atoms with Gasteiger partial charge in [0.15, 0.2) is 7.14 Å². The van der Waals surface area contributed by atoms with Crippen LogP contribution in [0.5, 0.6) is 0 Å². The van der Waals surface area contributed by atoms with Crippen molar-refractivity contribution in [1.29, 1.82) is 0 Å². The summed E-state index contributed by atoms with van der Waals surface area (Å²) in [5.74, 6) is -1.00. The van der Waals surface area contributed by atoms with Crippen molar-refractivity contribution in [1.82, 2.24) is 5.32 Å². The minimum Gasteiger partial charge on any atom is -0.460 e. The molecule has 4 aromatic carbocycles. The summed E-state index contributed by atoms with van der Waals surface area (Å²) in [6.07, 6.45) is 0.